The van der Waals surface area contributed by atoms with Gasteiger partial charge in [0.25, 0.3) is 5.91 Å². The number of benzene rings is 3. The second-order valence-electron chi connectivity index (χ2n) is 7.38. The summed E-state index contributed by atoms with van der Waals surface area (Å²) in [7, 11) is 0. The number of fused-ring (bicyclic) bond motifs is 2. The minimum atomic E-state index is -0.0696. The average molecular weight is 382 g/mol. The number of nitrogens with zero attached hydrogens (tertiary/aromatic N) is 1. The van der Waals surface area contributed by atoms with Crippen molar-refractivity contribution in [2.24, 2.45) is 0 Å². The zero-order valence-corrected chi connectivity index (χ0v) is 16.0. The van der Waals surface area contributed by atoms with Gasteiger partial charge in [-0.05, 0) is 53.1 Å². The number of carbonyl (C=O) groups is 1. The molecule has 0 saturated heterocycles. The van der Waals surface area contributed by atoms with Crippen LogP contribution in [-0.2, 0) is 6.42 Å². The van der Waals surface area contributed by atoms with Crippen LogP contribution < -0.4 is 10.2 Å². The first kappa shape index (κ1) is 17.6. The van der Waals surface area contributed by atoms with E-state index in [1.165, 1.54) is 11.3 Å². The predicted octanol–water partition coefficient (Wildman–Crippen LogP) is 4.97. The fourth-order valence-electron chi connectivity index (χ4n) is 4.15. The number of carbonyl (C=O) groups excluding carboxylic acids is 1. The predicted molar refractivity (Wildman–Crippen MR) is 115 cm³/mol. The Morgan fingerprint density at radius 3 is 2.66 bits per heavy atom. The number of para-hydroxylation sites is 1. The molecule has 4 aromatic rings. The Morgan fingerprint density at radius 2 is 1.79 bits per heavy atom. The molecule has 5 rings (SSSR count). The van der Waals surface area contributed by atoms with Gasteiger partial charge < -0.3 is 14.6 Å². The fraction of sp³-hybridized carbons (Fsp3) is 0.160. The van der Waals surface area contributed by atoms with Crippen molar-refractivity contribution in [1.29, 1.82) is 0 Å². The van der Waals surface area contributed by atoms with Crippen molar-refractivity contribution in [3.8, 4) is 0 Å². The lowest BCUT2D eigenvalue weighted by molar-refractivity contribution is 0.0950. The lowest BCUT2D eigenvalue weighted by Gasteiger charge is -2.29. The number of nitrogens with one attached hydrogen (secondary N) is 1. The van der Waals surface area contributed by atoms with Gasteiger partial charge in [-0.15, -0.1) is 0 Å². The standard InChI is InChI=1S/C25H22N2O2/c28-25(21-12-11-18-6-1-2-8-20(18)16-21)26-17-23(24-10-5-15-29-24)27-14-13-19-7-3-4-9-22(19)27/h1-12,15-16,23H,13-14,17H2,(H,26,28)/t23-/m0/s1. The Kier molecular flexibility index (Phi) is 4.53. The van der Waals surface area contributed by atoms with Gasteiger partial charge in [-0.25, -0.2) is 0 Å². The van der Waals surface area contributed by atoms with E-state index in [4.69, 9.17) is 4.42 Å². The smallest absolute Gasteiger partial charge is 0.251 e. The van der Waals surface area contributed by atoms with Crippen molar-refractivity contribution < 1.29 is 9.21 Å². The molecule has 29 heavy (non-hydrogen) atoms. The van der Waals surface area contributed by atoms with E-state index >= 15 is 0 Å². The zero-order chi connectivity index (χ0) is 19.6. The molecule has 0 bridgehead atoms. The Hall–Kier alpha value is -3.53. The van der Waals surface area contributed by atoms with E-state index in [1.807, 2.05) is 48.5 Å². The molecule has 0 radical (unpaired) electrons. The van der Waals surface area contributed by atoms with Crippen LogP contribution in [0, 0.1) is 0 Å². The van der Waals surface area contributed by atoms with Gasteiger partial charge in [-0.1, -0.05) is 48.5 Å². The molecule has 4 nitrogen and oxygen atoms in total. The van der Waals surface area contributed by atoms with Gasteiger partial charge in [-0.3, -0.25) is 4.79 Å². The Balaban J connectivity index is 1.38. The summed E-state index contributed by atoms with van der Waals surface area (Å²) in [5, 5.41) is 5.32. The summed E-state index contributed by atoms with van der Waals surface area (Å²) in [6.45, 7) is 1.39. The maximum atomic E-state index is 12.9. The van der Waals surface area contributed by atoms with Crippen molar-refractivity contribution in [2.45, 2.75) is 12.5 Å². The molecule has 0 spiro atoms. The molecule has 1 N–H and O–H groups in total. The summed E-state index contributed by atoms with van der Waals surface area (Å²) in [6, 6.07) is 26.2. The van der Waals surface area contributed by atoms with E-state index in [1.54, 1.807) is 6.26 Å². The van der Waals surface area contributed by atoms with E-state index < -0.39 is 0 Å². The zero-order valence-electron chi connectivity index (χ0n) is 16.0. The molecule has 3 aromatic carbocycles. The Bertz CT molecular complexity index is 1150. The largest absolute Gasteiger partial charge is 0.467 e. The molecule has 0 saturated carbocycles. The second kappa shape index (κ2) is 7.47. The van der Waals surface area contributed by atoms with Crippen molar-refractivity contribution in [3.05, 3.63) is 102 Å². The summed E-state index contributed by atoms with van der Waals surface area (Å²) < 4.78 is 5.73. The Morgan fingerprint density at radius 1 is 0.966 bits per heavy atom. The number of hydrogen-bond acceptors (Lipinski definition) is 3. The maximum absolute atomic E-state index is 12.9. The third kappa shape index (κ3) is 3.38. The van der Waals surface area contributed by atoms with E-state index in [0.29, 0.717) is 12.1 Å². The van der Waals surface area contributed by atoms with Crippen LogP contribution in [0.15, 0.2) is 89.5 Å². The van der Waals surface area contributed by atoms with E-state index in [9.17, 15) is 4.79 Å². The van der Waals surface area contributed by atoms with Gasteiger partial charge in [-0.2, -0.15) is 0 Å². The van der Waals surface area contributed by atoms with E-state index in [2.05, 4.69) is 40.5 Å². The van der Waals surface area contributed by atoms with Crippen LogP contribution in [0.3, 0.4) is 0 Å². The summed E-state index contributed by atoms with van der Waals surface area (Å²) >= 11 is 0. The second-order valence-corrected chi connectivity index (χ2v) is 7.38. The van der Waals surface area contributed by atoms with Gasteiger partial charge in [0.2, 0.25) is 0 Å². The molecule has 0 fully saturated rings. The normalized spacial score (nSPS) is 14.0. The molecule has 1 aliphatic heterocycles. The van der Waals surface area contributed by atoms with Crippen molar-refractivity contribution in [1.82, 2.24) is 5.32 Å². The molecule has 144 valence electrons. The Labute approximate surface area is 169 Å². The minimum absolute atomic E-state index is 0.0435. The van der Waals surface area contributed by atoms with Crippen LogP contribution >= 0.6 is 0 Å². The highest BCUT2D eigenvalue weighted by Gasteiger charge is 2.29. The summed E-state index contributed by atoms with van der Waals surface area (Å²) in [4.78, 5) is 15.2. The number of amides is 1. The van der Waals surface area contributed by atoms with Crippen LogP contribution in [-0.4, -0.2) is 19.0 Å². The maximum Gasteiger partial charge on any atom is 0.251 e. The highest BCUT2D eigenvalue weighted by Crippen LogP contribution is 2.35. The van der Waals surface area contributed by atoms with Crippen LogP contribution in [0.5, 0.6) is 0 Å². The quantitative estimate of drug-likeness (QED) is 0.530. The van der Waals surface area contributed by atoms with Gasteiger partial charge in [0.05, 0.1) is 6.26 Å². The molecule has 1 aromatic heterocycles. The molecule has 0 unspecified atom stereocenters. The van der Waals surface area contributed by atoms with Crippen molar-refractivity contribution >= 4 is 22.4 Å². The summed E-state index contributed by atoms with van der Waals surface area (Å²) in [5.41, 5.74) is 3.22. The van der Waals surface area contributed by atoms with E-state index in [0.717, 1.165) is 29.5 Å². The number of anilines is 1. The van der Waals surface area contributed by atoms with Gasteiger partial charge >= 0.3 is 0 Å². The summed E-state index contributed by atoms with van der Waals surface area (Å²) in [6.07, 6.45) is 2.70. The number of hydrogen-bond donors (Lipinski definition) is 1. The van der Waals surface area contributed by atoms with Crippen molar-refractivity contribution in [3.63, 3.8) is 0 Å². The first-order valence-corrected chi connectivity index (χ1v) is 9.94. The lowest BCUT2D eigenvalue weighted by Crippen LogP contribution is -2.37. The molecule has 1 atom stereocenters. The molecular weight excluding hydrogens is 360 g/mol. The monoisotopic (exact) mass is 382 g/mol. The molecule has 2 heterocycles. The highest BCUT2D eigenvalue weighted by molar-refractivity contribution is 5.98. The van der Waals surface area contributed by atoms with Crippen LogP contribution in [0.2, 0.25) is 0 Å². The average Bonchev–Trinajstić information content (AvgIpc) is 3.44. The first-order valence-electron chi connectivity index (χ1n) is 9.94. The van der Waals surface area contributed by atoms with E-state index in [-0.39, 0.29) is 11.9 Å². The third-order valence-electron chi connectivity index (χ3n) is 5.64. The first-order chi connectivity index (χ1) is 14.3. The van der Waals surface area contributed by atoms with Crippen molar-refractivity contribution in [2.75, 3.05) is 18.0 Å². The molecule has 1 aliphatic rings. The fourth-order valence-corrected chi connectivity index (χ4v) is 4.15. The molecular formula is C25H22N2O2. The van der Waals surface area contributed by atoms with Crippen LogP contribution in [0.25, 0.3) is 10.8 Å². The lowest BCUT2D eigenvalue weighted by atomic mass is 10.1. The molecule has 4 heteroatoms. The number of rotatable bonds is 5. The van der Waals surface area contributed by atoms with Gasteiger partial charge in [0.15, 0.2) is 0 Å². The molecule has 1 amide bonds. The SMILES string of the molecule is O=C(NC[C@@H](c1ccco1)N1CCc2ccccc21)c1ccc2ccccc2c1. The van der Waals surface area contributed by atoms with Gasteiger partial charge in [0, 0.05) is 24.3 Å². The minimum Gasteiger partial charge on any atom is -0.467 e. The summed E-state index contributed by atoms with van der Waals surface area (Å²) in [5.74, 6) is 0.792. The highest BCUT2D eigenvalue weighted by atomic mass is 16.3. The molecule has 0 aliphatic carbocycles. The number of furan rings is 1. The topological polar surface area (TPSA) is 45.5 Å². The van der Waals surface area contributed by atoms with Crippen LogP contribution in [0.1, 0.15) is 27.7 Å². The third-order valence-corrected chi connectivity index (χ3v) is 5.64. The van der Waals surface area contributed by atoms with Gasteiger partial charge in [0.1, 0.15) is 11.8 Å². The van der Waals surface area contributed by atoms with Crippen LogP contribution in [0.4, 0.5) is 5.69 Å².